The van der Waals surface area contributed by atoms with E-state index in [0.29, 0.717) is 9.18 Å². The number of hydrogen-bond acceptors (Lipinski definition) is 18. The van der Waals surface area contributed by atoms with Crippen LogP contribution in [0.2, 0.25) is 0 Å². The highest BCUT2D eigenvalue weighted by Gasteiger charge is 2.52. The van der Waals surface area contributed by atoms with Crippen molar-refractivity contribution in [3.05, 3.63) is 0 Å². The third-order valence-electron chi connectivity index (χ3n) is 10.0. The van der Waals surface area contributed by atoms with Gasteiger partial charge in [-0.1, -0.05) is 21.5 Å². The van der Waals surface area contributed by atoms with Crippen molar-refractivity contribution in [2.45, 2.75) is 201 Å². The van der Waals surface area contributed by atoms with E-state index in [1.807, 2.05) is 6.66 Å². The molecule has 83 heavy (non-hydrogen) atoms. The fourth-order valence-electron chi connectivity index (χ4n) is 7.03. The predicted molar refractivity (Wildman–Crippen MR) is 312 cm³/mol. The smallest absolute Gasteiger partial charge is 0.411 e. The van der Waals surface area contributed by atoms with Crippen LogP contribution in [0.25, 0.3) is 0 Å². The monoisotopic (exact) mass is 1310 g/mol. The first kappa shape index (κ1) is 85.8. The fourth-order valence-corrected chi connectivity index (χ4v) is 7.03. The van der Waals surface area contributed by atoms with E-state index in [0.717, 1.165) is 35.0 Å². The van der Waals surface area contributed by atoms with E-state index in [9.17, 15) is 61.0 Å². The first-order valence-corrected chi connectivity index (χ1v) is 28.3. The highest BCUT2D eigenvalue weighted by Crippen LogP contribution is 2.35. The van der Waals surface area contributed by atoms with Crippen LogP contribution in [0, 0.1) is 0 Å². The van der Waals surface area contributed by atoms with Gasteiger partial charge in [-0.2, -0.15) is 0 Å². The van der Waals surface area contributed by atoms with Crippen molar-refractivity contribution in [1.82, 2.24) is 19.6 Å². The lowest BCUT2D eigenvalue weighted by molar-refractivity contribution is -0.146. The molecule has 0 saturated carbocycles. The van der Waals surface area contributed by atoms with Crippen LogP contribution < -0.4 is 0 Å². The number of carbonyl (C=O) groups excluding carboxylic acids is 8. The van der Waals surface area contributed by atoms with Gasteiger partial charge in [-0.05, 0) is 95.9 Å². The summed E-state index contributed by atoms with van der Waals surface area (Å²) in [5.41, 5.74) is -2.83. The van der Waals surface area contributed by atoms with Gasteiger partial charge in [-0.15, -0.1) is 55.6 Å². The standard InChI is InChI=1S/C11H17F2NO4.C11H19NO5.C11H17NO5.C10H17F2NO3.C4H8O.2CH2Cl2.CH5P.2CH4/c1-10(2,3)18-9(16)14-6-11(12,13)5-7(14)8(15)17-4;2*1-11(2,3)17-10(15)12-6-7(13)5-8(12)9(14)16-4;1-9(2,3)16-8(15)13-6-10(11,12)4-7(13)5-14;1-2-4-5-3-1;2*2-1-3;1-2;;/h7H,5-6H2,1-4H3;7-8,13H,5-6H2,1-4H3;8H,5-6H2,1-4H3;7,14H,4-6H2,1-3H3;1-4H2;2*1H2;2H2,1H3;2*1H4/t7-;7-,8+;8-;7-;;;;;;/m0100....../s1/i;;;;;;;2D;;. The molecule has 31 heteroatoms. The summed E-state index contributed by atoms with van der Waals surface area (Å²) in [7, 11) is 3.89. The summed E-state index contributed by atoms with van der Waals surface area (Å²) in [5.74, 6) is -8.21. The molecule has 4 amide bonds. The number of aliphatic hydroxyl groups is 2. The van der Waals surface area contributed by atoms with Crippen LogP contribution in [0.15, 0.2) is 0 Å². The molecule has 0 aliphatic carbocycles. The van der Waals surface area contributed by atoms with Crippen molar-refractivity contribution in [3.8, 4) is 0 Å². The number of esters is 3. The molecule has 5 aliphatic heterocycles. The van der Waals surface area contributed by atoms with Gasteiger partial charge >= 0.3 is 42.3 Å². The summed E-state index contributed by atoms with van der Waals surface area (Å²) in [5, 5.41) is 18.8. The molecular weight excluding hydrogens is 1220 g/mol. The zero-order valence-corrected chi connectivity index (χ0v) is 53.3. The number of likely N-dealkylation sites (tertiary alicyclic amines) is 4. The molecule has 0 aromatic heterocycles. The van der Waals surface area contributed by atoms with Gasteiger partial charge in [0.2, 0.25) is 0 Å². The van der Waals surface area contributed by atoms with Gasteiger partial charge in [0, 0.05) is 38.9 Å². The normalized spacial score (nSPS) is 21.2. The molecule has 492 valence electrons. The summed E-state index contributed by atoms with van der Waals surface area (Å²) in [6.45, 7) is 22.0. The number of methoxy groups -OCH3 is 3. The Morgan fingerprint density at radius 3 is 1.29 bits per heavy atom. The highest BCUT2D eigenvalue weighted by atomic mass is 35.5. The van der Waals surface area contributed by atoms with Gasteiger partial charge < -0.3 is 48.1 Å². The maximum absolute atomic E-state index is 13.3. The van der Waals surface area contributed by atoms with Crippen LogP contribution in [0.4, 0.5) is 36.7 Å². The molecule has 2 N–H and O–H groups in total. The average Bonchev–Trinajstić information content (AvgIpc) is 4.19. The van der Waals surface area contributed by atoms with E-state index < -0.39 is 139 Å². The van der Waals surface area contributed by atoms with Crippen LogP contribution in [0.5, 0.6) is 0 Å². The number of aliphatic hydroxyl groups excluding tert-OH is 2. The number of ketones is 1. The molecule has 6 atom stereocenters. The van der Waals surface area contributed by atoms with Gasteiger partial charge in [0.25, 0.3) is 11.8 Å². The lowest BCUT2D eigenvalue weighted by atomic mass is 10.2. The summed E-state index contributed by atoms with van der Waals surface area (Å²) in [4.78, 5) is 96.4. The third-order valence-corrected chi connectivity index (χ3v) is 10.0. The molecule has 0 aromatic carbocycles. The maximum atomic E-state index is 13.3. The van der Waals surface area contributed by atoms with Crippen molar-refractivity contribution in [3.63, 3.8) is 0 Å². The quantitative estimate of drug-likeness (QED) is 0.0871. The second-order valence-corrected chi connectivity index (χ2v) is 23.3. The zero-order valence-electron chi connectivity index (χ0n) is 50.2. The number of alkyl halides is 8. The topological polar surface area (TPSA) is 264 Å². The Hall–Kier alpha value is -3.65. The summed E-state index contributed by atoms with van der Waals surface area (Å²) >= 11 is 19.1. The molecule has 5 fully saturated rings. The van der Waals surface area contributed by atoms with Crippen LogP contribution in [-0.4, -0.2) is 228 Å². The molecular formula is C52H95Cl4F4N4O18P. The predicted octanol–water partition coefficient (Wildman–Crippen LogP) is 10.1. The largest absolute Gasteiger partial charge is 0.467 e. The number of β-amino-alcohol motifs (C(OH)–C–C–N with tert-alkyl or cyclic N) is 1. The molecule has 5 saturated heterocycles. The maximum Gasteiger partial charge on any atom is 0.411 e. The minimum atomic E-state index is -3.10. The zero-order chi connectivity index (χ0) is 64.8. The molecule has 22 nitrogen and oxygen atoms in total. The molecule has 0 radical (unpaired) electrons. The minimum absolute atomic E-state index is 0. The Bertz CT molecular complexity index is 1960. The van der Waals surface area contributed by atoms with Crippen LogP contribution in [-0.2, 0) is 57.1 Å². The molecule has 1 unspecified atom stereocenters. The van der Waals surface area contributed by atoms with Gasteiger partial charge in [-0.3, -0.25) is 24.4 Å². The second-order valence-electron chi connectivity index (χ2n) is 21.7. The molecule has 5 heterocycles. The van der Waals surface area contributed by atoms with E-state index in [1.54, 1.807) is 83.1 Å². The Balaban J connectivity index is -0.000000304. The fraction of sp³-hybridized carbons (Fsp3) is 0.846. The number of nitrogens with zero attached hydrogens (tertiary/aromatic N) is 4. The highest BCUT2D eigenvalue weighted by molar-refractivity contribution is 7.15. The number of halogens is 8. The molecule has 0 bridgehead atoms. The second kappa shape index (κ2) is 41.4. The van der Waals surface area contributed by atoms with E-state index in [1.165, 1.54) is 32.0 Å². The average molecular weight is 1310 g/mol. The SMILES string of the molecule is C.C.C1CCOC1.CC(C)(C)OC(=O)N1CC(F)(F)C[C@H]1CO.COC(=O)[C@@H]1CC(=O)CN1C(=O)OC(C)(C)C.COC(=O)[C@@H]1CC(F)(F)CN1C(=O)OC(C)(C)C.COC(=O)[C@@H]1C[C@@H](O)CN1C(=O)OC(C)(C)C.ClCCl.ClCCl.[2H]PC. The number of hydrogen-bond donors (Lipinski definition) is 2. The molecule has 0 spiro atoms. The number of rotatable bonds is 4. The number of carbonyl (C=O) groups is 8. The Labute approximate surface area is 512 Å². The Kier molecular flexibility index (Phi) is 42.8. The first-order valence-electron chi connectivity index (χ1n) is 25.6. The Morgan fingerprint density at radius 1 is 0.614 bits per heavy atom. The van der Waals surface area contributed by atoms with Crippen molar-refractivity contribution in [2.24, 2.45) is 0 Å². The van der Waals surface area contributed by atoms with E-state index >= 15 is 0 Å². The van der Waals surface area contributed by atoms with Crippen molar-refractivity contribution < 1.29 is 104 Å². The van der Waals surface area contributed by atoms with Gasteiger partial charge in [0.1, 0.15) is 40.5 Å². The lowest BCUT2D eigenvalue weighted by Gasteiger charge is -2.27. The Morgan fingerprint density at radius 2 is 0.940 bits per heavy atom. The van der Waals surface area contributed by atoms with Gasteiger partial charge in [0.05, 0.1) is 78.2 Å². The molecule has 5 rings (SSSR count). The van der Waals surface area contributed by atoms with Crippen LogP contribution in [0.3, 0.4) is 0 Å². The van der Waals surface area contributed by atoms with E-state index in [4.69, 9.17) is 76.5 Å². The van der Waals surface area contributed by atoms with Crippen LogP contribution in [0.1, 0.15) is 136 Å². The molecule has 0 aromatic rings. The van der Waals surface area contributed by atoms with E-state index in [2.05, 4.69) is 14.2 Å². The van der Waals surface area contributed by atoms with Crippen LogP contribution >= 0.6 is 55.6 Å². The minimum Gasteiger partial charge on any atom is -0.467 e. The first-order chi connectivity index (χ1) is 37.4. The van der Waals surface area contributed by atoms with Crippen molar-refractivity contribution >= 4 is 104 Å². The number of ether oxygens (including phenoxy) is 8. The van der Waals surface area contributed by atoms with Gasteiger partial charge in [0.15, 0.2) is 5.78 Å². The van der Waals surface area contributed by atoms with Crippen molar-refractivity contribution in [2.75, 3.05) is 84.7 Å². The number of Topliss-reactive ketones (excluding diaryl/α,β-unsaturated/α-hetero) is 1. The lowest BCUT2D eigenvalue weighted by Crippen LogP contribution is -2.44. The summed E-state index contributed by atoms with van der Waals surface area (Å²) < 4.78 is 97.7. The summed E-state index contributed by atoms with van der Waals surface area (Å²) in [6.07, 6.45) is -2.24. The van der Waals surface area contributed by atoms with E-state index in [-0.39, 0.29) is 57.2 Å². The third kappa shape index (κ3) is 38.2. The number of amides is 4. The van der Waals surface area contributed by atoms with Gasteiger partial charge in [-0.25, -0.2) is 51.1 Å². The molecule has 5 aliphatic rings. The summed E-state index contributed by atoms with van der Waals surface area (Å²) in [6, 6.07) is -3.77. The van der Waals surface area contributed by atoms with Crippen molar-refractivity contribution in [1.29, 1.82) is 1.28 Å².